The summed E-state index contributed by atoms with van der Waals surface area (Å²) in [6.07, 6.45) is 2.00. The fraction of sp³-hybridized carbons (Fsp3) is 0.154. The van der Waals surface area contributed by atoms with E-state index >= 15 is 0 Å². The second-order valence-electron chi connectivity index (χ2n) is 4.12. The van der Waals surface area contributed by atoms with Gasteiger partial charge in [-0.1, -0.05) is 5.16 Å². The van der Waals surface area contributed by atoms with Gasteiger partial charge in [0.25, 0.3) is 0 Å². The molecule has 2 aromatic heterocycles. The number of methoxy groups -OCH3 is 1. The van der Waals surface area contributed by atoms with Gasteiger partial charge in [0, 0.05) is 30.2 Å². The molecule has 2 N–H and O–H groups in total. The third kappa shape index (κ3) is 1.44. The van der Waals surface area contributed by atoms with Crippen molar-refractivity contribution in [2.75, 3.05) is 12.8 Å². The van der Waals surface area contributed by atoms with Crippen molar-refractivity contribution in [3.63, 3.8) is 0 Å². The van der Waals surface area contributed by atoms with Crippen LogP contribution in [-0.2, 0) is 7.05 Å². The summed E-state index contributed by atoms with van der Waals surface area (Å²) >= 11 is 0. The Bertz CT molecular complexity index is 712. The highest BCUT2D eigenvalue weighted by molar-refractivity contribution is 5.98. The molecule has 0 radical (unpaired) electrons. The van der Waals surface area contributed by atoms with Crippen molar-refractivity contribution in [3.8, 4) is 17.0 Å². The van der Waals surface area contributed by atoms with E-state index in [-0.39, 0.29) is 0 Å². The summed E-state index contributed by atoms with van der Waals surface area (Å²) in [5.41, 5.74) is 8.27. The number of benzene rings is 1. The number of hydrogen-bond donors (Lipinski definition) is 1. The minimum atomic E-state index is 0.292. The van der Waals surface area contributed by atoms with E-state index in [0.717, 1.165) is 22.2 Å². The predicted molar refractivity (Wildman–Crippen MR) is 69.4 cm³/mol. The van der Waals surface area contributed by atoms with Crippen LogP contribution in [0.1, 0.15) is 0 Å². The van der Waals surface area contributed by atoms with Crippen molar-refractivity contribution in [1.29, 1.82) is 0 Å². The van der Waals surface area contributed by atoms with Crippen molar-refractivity contribution in [2.24, 2.45) is 7.05 Å². The summed E-state index contributed by atoms with van der Waals surface area (Å²) in [6, 6.07) is 7.66. The van der Waals surface area contributed by atoms with E-state index in [9.17, 15) is 0 Å². The number of aromatic nitrogens is 2. The largest absolute Gasteiger partial charge is 0.496 e. The lowest BCUT2D eigenvalue weighted by Gasteiger charge is -2.07. The van der Waals surface area contributed by atoms with Gasteiger partial charge in [-0.05, 0) is 18.2 Å². The number of hydrogen-bond acceptors (Lipinski definition) is 4. The van der Waals surface area contributed by atoms with Crippen molar-refractivity contribution in [2.45, 2.75) is 0 Å². The molecule has 0 unspecified atom stereocenters. The number of rotatable bonds is 2. The van der Waals surface area contributed by atoms with Gasteiger partial charge in [0.2, 0.25) is 5.88 Å². The van der Waals surface area contributed by atoms with Gasteiger partial charge in [-0.3, -0.25) is 0 Å². The first kappa shape index (κ1) is 10.7. The highest BCUT2D eigenvalue weighted by atomic mass is 16.5. The summed E-state index contributed by atoms with van der Waals surface area (Å²) in [7, 11) is 3.63. The first-order valence-corrected chi connectivity index (χ1v) is 5.55. The first-order valence-electron chi connectivity index (χ1n) is 5.55. The zero-order valence-electron chi connectivity index (χ0n) is 10.2. The maximum absolute atomic E-state index is 5.58. The number of anilines is 1. The quantitative estimate of drug-likeness (QED) is 0.750. The maximum atomic E-state index is 5.58. The first-order chi connectivity index (χ1) is 8.70. The smallest absolute Gasteiger partial charge is 0.222 e. The van der Waals surface area contributed by atoms with E-state index in [1.807, 2.05) is 36.0 Å². The van der Waals surface area contributed by atoms with Gasteiger partial charge in [-0.25, -0.2) is 0 Å². The minimum absolute atomic E-state index is 0.292. The number of ether oxygens (including phenoxy) is 1. The molecule has 5 heteroatoms. The van der Waals surface area contributed by atoms with Gasteiger partial charge in [-0.15, -0.1) is 0 Å². The van der Waals surface area contributed by atoms with Crippen LogP contribution in [0, 0.1) is 0 Å². The Morgan fingerprint density at radius 3 is 2.83 bits per heavy atom. The molecule has 3 rings (SSSR count). The molecule has 0 saturated carbocycles. The molecule has 0 fully saturated rings. The molecule has 1 aromatic carbocycles. The van der Waals surface area contributed by atoms with E-state index in [1.165, 1.54) is 0 Å². The van der Waals surface area contributed by atoms with Crippen LogP contribution in [-0.4, -0.2) is 16.8 Å². The lowest BCUT2D eigenvalue weighted by molar-refractivity contribution is 0.414. The fourth-order valence-corrected chi connectivity index (χ4v) is 2.17. The summed E-state index contributed by atoms with van der Waals surface area (Å²) in [6.45, 7) is 0. The average Bonchev–Trinajstić information content (AvgIpc) is 2.95. The van der Waals surface area contributed by atoms with Crippen LogP contribution >= 0.6 is 0 Å². The van der Waals surface area contributed by atoms with Gasteiger partial charge in [0.15, 0.2) is 0 Å². The lowest BCUT2D eigenvalue weighted by atomic mass is 10.1. The van der Waals surface area contributed by atoms with Crippen LogP contribution in [0.15, 0.2) is 35.0 Å². The molecule has 0 bridgehead atoms. The van der Waals surface area contributed by atoms with Gasteiger partial charge in [-0.2, -0.15) is 0 Å². The molecule has 2 heterocycles. The second kappa shape index (κ2) is 3.80. The molecule has 0 aliphatic carbocycles. The van der Waals surface area contributed by atoms with Crippen molar-refractivity contribution >= 4 is 16.8 Å². The molecule has 3 aromatic rings. The Morgan fingerprint density at radius 1 is 1.33 bits per heavy atom. The molecule has 92 valence electrons. The predicted octanol–water partition coefficient (Wildman–Crippen LogP) is 2.42. The van der Waals surface area contributed by atoms with Crippen LogP contribution in [0.3, 0.4) is 0 Å². The van der Waals surface area contributed by atoms with Crippen molar-refractivity contribution < 1.29 is 9.26 Å². The Kier molecular flexibility index (Phi) is 2.26. The number of nitrogen functional groups attached to an aromatic ring is 1. The Morgan fingerprint density at radius 2 is 2.17 bits per heavy atom. The molecule has 0 saturated heterocycles. The SMILES string of the molecule is COc1ccc2c(ccn2C)c1-c1cc(N)on1. The summed E-state index contributed by atoms with van der Waals surface area (Å²) in [5, 5.41) is 5.03. The molecular formula is C13H13N3O2. The third-order valence-corrected chi connectivity index (χ3v) is 3.03. The highest BCUT2D eigenvalue weighted by Gasteiger charge is 2.15. The summed E-state index contributed by atoms with van der Waals surface area (Å²) in [4.78, 5) is 0. The van der Waals surface area contributed by atoms with E-state index in [2.05, 4.69) is 5.16 Å². The van der Waals surface area contributed by atoms with Gasteiger partial charge < -0.3 is 19.6 Å². The Hall–Kier alpha value is -2.43. The molecular weight excluding hydrogens is 230 g/mol. The fourth-order valence-electron chi connectivity index (χ4n) is 2.17. The zero-order chi connectivity index (χ0) is 12.7. The van der Waals surface area contributed by atoms with E-state index in [0.29, 0.717) is 11.6 Å². The van der Waals surface area contributed by atoms with Crippen LogP contribution < -0.4 is 10.5 Å². The highest BCUT2D eigenvalue weighted by Crippen LogP contribution is 2.37. The summed E-state index contributed by atoms with van der Waals surface area (Å²) < 4.78 is 12.4. The molecule has 0 aliphatic heterocycles. The zero-order valence-corrected chi connectivity index (χ0v) is 10.2. The normalized spacial score (nSPS) is 11.0. The van der Waals surface area contributed by atoms with Crippen LogP contribution in [0.5, 0.6) is 5.75 Å². The van der Waals surface area contributed by atoms with E-state index in [1.54, 1.807) is 13.2 Å². The molecule has 0 atom stereocenters. The van der Waals surface area contributed by atoms with Crippen molar-refractivity contribution in [3.05, 3.63) is 30.5 Å². The maximum Gasteiger partial charge on any atom is 0.222 e. The number of nitrogens with zero attached hydrogens (tertiary/aromatic N) is 2. The van der Waals surface area contributed by atoms with Crippen LogP contribution in [0.25, 0.3) is 22.2 Å². The molecule has 0 spiro atoms. The average molecular weight is 243 g/mol. The van der Waals surface area contributed by atoms with E-state index in [4.69, 9.17) is 15.0 Å². The van der Waals surface area contributed by atoms with Crippen LogP contribution in [0.2, 0.25) is 0 Å². The Balaban J connectivity index is 2.36. The number of fused-ring (bicyclic) bond motifs is 1. The second-order valence-corrected chi connectivity index (χ2v) is 4.12. The van der Waals surface area contributed by atoms with E-state index < -0.39 is 0 Å². The minimum Gasteiger partial charge on any atom is -0.496 e. The topological polar surface area (TPSA) is 66.2 Å². The molecule has 18 heavy (non-hydrogen) atoms. The molecule has 0 aliphatic rings. The molecule has 5 nitrogen and oxygen atoms in total. The van der Waals surface area contributed by atoms with Gasteiger partial charge in [0.05, 0.1) is 12.7 Å². The number of aryl methyl sites for hydroxylation is 1. The number of nitrogens with two attached hydrogens (primary N) is 1. The lowest BCUT2D eigenvalue weighted by Crippen LogP contribution is -1.90. The van der Waals surface area contributed by atoms with Gasteiger partial charge >= 0.3 is 0 Å². The Labute approximate surface area is 104 Å². The van der Waals surface area contributed by atoms with Crippen molar-refractivity contribution in [1.82, 2.24) is 9.72 Å². The summed E-state index contributed by atoms with van der Waals surface area (Å²) in [5.74, 6) is 1.04. The van der Waals surface area contributed by atoms with Crippen LogP contribution in [0.4, 0.5) is 5.88 Å². The standard InChI is InChI=1S/C13H13N3O2/c1-16-6-5-8-10(16)3-4-11(17-2)13(8)9-7-12(14)18-15-9/h3-7H,14H2,1-2H3. The third-order valence-electron chi connectivity index (χ3n) is 3.03. The molecule has 0 amide bonds. The van der Waals surface area contributed by atoms with Gasteiger partial charge in [0.1, 0.15) is 11.4 Å². The monoisotopic (exact) mass is 243 g/mol.